The number of rotatable bonds is 5. The summed E-state index contributed by atoms with van der Waals surface area (Å²) in [6.07, 6.45) is 0. The number of aliphatic hydroxyl groups is 1. The molecule has 2 aromatic carbocycles. The zero-order valence-electron chi connectivity index (χ0n) is 18.3. The summed E-state index contributed by atoms with van der Waals surface area (Å²) in [6.45, 7) is 3.54. The molecule has 172 valence electrons. The smallest absolute Gasteiger partial charge is 0.296 e. The number of carbonyl (C=O) groups is 2. The molecule has 1 amide bonds. The Morgan fingerprint density at radius 1 is 1.15 bits per heavy atom. The second-order valence-corrected chi connectivity index (χ2v) is 10.4. The van der Waals surface area contributed by atoms with Crippen LogP contribution in [-0.4, -0.2) is 33.9 Å². The number of hydrogen-bond acceptors (Lipinski definition) is 8. The van der Waals surface area contributed by atoms with E-state index in [1.807, 2.05) is 0 Å². The van der Waals surface area contributed by atoms with Crippen molar-refractivity contribution in [3.8, 4) is 5.75 Å². The monoisotopic (exact) mass is 511 g/mol. The van der Waals surface area contributed by atoms with E-state index in [9.17, 15) is 14.7 Å². The highest BCUT2D eigenvalue weighted by molar-refractivity contribution is 7.22. The highest BCUT2D eigenvalue weighted by Crippen LogP contribution is 2.45. The van der Waals surface area contributed by atoms with Gasteiger partial charge in [0.05, 0.1) is 44.5 Å². The van der Waals surface area contributed by atoms with Crippen LogP contribution in [0.5, 0.6) is 5.75 Å². The molecule has 3 heterocycles. The molecule has 2 aromatic heterocycles. The van der Waals surface area contributed by atoms with Crippen LogP contribution in [0.3, 0.4) is 0 Å². The van der Waals surface area contributed by atoms with Gasteiger partial charge in [0.2, 0.25) is 5.78 Å². The van der Waals surface area contributed by atoms with Crippen LogP contribution < -0.4 is 9.64 Å². The molecule has 34 heavy (non-hydrogen) atoms. The number of thiazole rings is 2. The van der Waals surface area contributed by atoms with Crippen LogP contribution in [0, 0.1) is 13.8 Å². The van der Waals surface area contributed by atoms with Gasteiger partial charge in [-0.25, -0.2) is 9.97 Å². The highest BCUT2D eigenvalue weighted by atomic mass is 35.5. The first-order chi connectivity index (χ1) is 16.3. The van der Waals surface area contributed by atoms with Gasteiger partial charge in [0.1, 0.15) is 5.75 Å². The van der Waals surface area contributed by atoms with E-state index in [0.29, 0.717) is 37.6 Å². The number of aliphatic hydroxyl groups excluding tert-OH is 1. The van der Waals surface area contributed by atoms with Gasteiger partial charge in [-0.1, -0.05) is 35.1 Å². The predicted molar refractivity (Wildman–Crippen MR) is 133 cm³/mol. The summed E-state index contributed by atoms with van der Waals surface area (Å²) in [5.41, 5.74) is 1.81. The van der Waals surface area contributed by atoms with E-state index in [0.717, 1.165) is 9.71 Å². The number of anilines is 1. The van der Waals surface area contributed by atoms with Crippen molar-refractivity contribution < 1.29 is 19.4 Å². The normalized spacial score (nSPS) is 16.1. The largest absolute Gasteiger partial charge is 0.503 e. The molecule has 0 radical (unpaired) electrons. The highest BCUT2D eigenvalue weighted by Gasteiger charge is 2.46. The maximum Gasteiger partial charge on any atom is 0.296 e. The molecule has 7 nitrogen and oxygen atoms in total. The van der Waals surface area contributed by atoms with Gasteiger partial charge in [-0.05, 0) is 49.7 Å². The molecule has 1 unspecified atom stereocenters. The van der Waals surface area contributed by atoms with E-state index >= 15 is 0 Å². The van der Waals surface area contributed by atoms with Crippen LogP contribution in [0.15, 0.2) is 53.8 Å². The van der Waals surface area contributed by atoms with Crippen LogP contribution in [0.2, 0.25) is 5.02 Å². The Morgan fingerprint density at radius 2 is 1.94 bits per heavy atom. The van der Waals surface area contributed by atoms with E-state index < -0.39 is 23.5 Å². The summed E-state index contributed by atoms with van der Waals surface area (Å²) in [5.74, 6) is -1.17. The molecule has 10 heteroatoms. The third kappa shape index (κ3) is 3.66. The standard InChI is InChI=1S/C24H18ClN3O4S2/c1-11-22(33-12(2)26-11)20(29)18-19(13-5-4-6-15(9-13)32-3)28(23(31)21(18)30)24-27-16-8-7-14(25)10-17(16)34-24/h4-10,19,30H,1-3H3. The Hall–Kier alpha value is -3.27. The zero-order chi connectivity index (χ0) is 24.1. The number of amides is 1. The van der Waals surface area contributed by atoms with Gasteiger partial charge in [-0.3, -0.25) is 14.5 Å². The van der Waals surface area contributed by atoms with Gasteiger partial charge in [0.15, 0.2) is 10.9 Å². The topological polar surface area (TPSA) is 92.6 Å². The first-order valence-electron chi connectivity index (χ1n) is 10.2. The second-order valence-electron chi connectivity index (χ2n) is 7.70. The molecule has 1 aliphatic heterocycles. The molecule has 1 N–H and O–H groups in total. The molecule has 0 saturated carbocycles. The van der Waals surface area contributed by atoms with Gasteiger partial charge >= 0.3 is 0 Å². The van der Waals surface area contributed by atoms with Crippen LogP contribution >= 0.6 is 34.3 Å². The zero-order valence-corrected chi connectivity index (χ0v) is 20.7. The van der Waals surface area contributed by atoms with Crippen molar-refractivity contribution in [2.45, 2.75) is 19.9 Å². The third-order valence-corrected chi connectivity index (χ3v) is 7.84. The molecule has 0 bridgehead atoms. The average Bonchev–Trinajstić information content (AvgIpc) is 3.46. The number of aryl methyl sites for hydroxylation is 2. The maximum absolute atomic E-state index is 13.7. The Kier molecular flexibility index (Phi) is 5.63. The Bertz CT molecular complexity index is 1510. The van der Waals surface area contributed by atoms with Crippen molar-refractivity contribution in [1.82, 2.24) is 9.97 Å². The number of aromatic nitrogens is 2. The number of Topliss-reactive ketones (excluding diaryl/α,β-unsaturated/α-hetero) is 1. The average molecular weight is 512 g/mol. The number of ether oxygens (including phenoxy) is 1. The van der Waals surface area contributed by atoms with Crippen LogP contribution in [-0.2, 0) is 4.79 Å². The van der Waals surface area contributed by atoms with E-state index in [2.05, 4.69) is 9.97 Å². The Morgan fingerprint density at radius 3 is 2.65 bits per heavy atom. The Balaban J connectivity index is 1.70. The summed E-state index contributed by atoms with van der Waals surface area (Å²) in [4.78, 5) is 37.8. The molecule has 0 fully saturated rings. The van der Waals surface area contributed by atoms with Crippen molar-refractivity contribution in [3.63, 3.8) is 0 Å². The van der Waals surface area contributed by atoms with E-state index in [4.69, 9.17) is 16.3 Å². The molecule has 5 rings (SSSR count). The van der Waals surface area contributed by atoms with E-state index in [1.165, 1.54) is 34.7 Å². The maximum atomic E-state index is 13.7. The van der Waals surface area contributed by atoms with Crippen molar-refractivity contribution in [3.05, 3.63) is 80.0 Å². The van der Waals surface area contributed by atoms with Gasteiger partial charge in [0.25, 0.3) is 5.91 Å². The third-order valence-electron chi connectivity index (χ3n) is 5.52. The number of fused-ring (bicyclic) bond motifs is 1. The number of ketones is 1. The van der Waals surface area contributed by atoms with Gasteiger partial charge in [0, 0.05) is 5.02 Å². The summed E-state index contributed by atoms with van der Waals surface area (Å²) < 4.78 is 6.16. The van der Waals surface area contributed by atoms with E-state index in [1.54, 1.807) is 56.3 Å². The van der Waals surface area contributed by atoms with Crippen molar-refractivity contribution in [2.75, 3.05) is 12.0 Å². The Labute approximate surface area is 207 Å². The lowest BCUT2D eigenvalue weighted by Crippen LogP contribution is -2.31. The number of halogens is 1. The number of benzene rings is 2. The minimum Gasteiger partial charge on any atom is -0.503 e. The van der Waals surface area contributed by atoms with Crippen molar-refractivity contribution in [1.29, 1.82) is 0 Å². The van der Waals surface area contributed by atoms with Gasteiger partial charge in [-0.2, -0.15) is 0 Å². The number of methoxy groups -OCH3 is 1. The molecule has 0 spiro atoms. The fourth-order valence-electron chi connectivity index (χ4n) is 4.02. The van der Waals surface area contributed by atoms with Crippen LogP contribution in [0.1, 0.15) is 32.0 Å². The minimum atomic E-state index is -0.895. The number of nitrogens with zero attached hydrogens (tertiary/aromatic N) is 3. The molecular formula is C24H18ClN3O4S2. The molecule has 1 aliphatic rings. The molecule has 0 saturated heterocycles. The van der Waals surface area contributed by atoms with E-state index in [-0.39, 0.29) is 5.57 Å². The fraction of sp³-hybridized carbons (Fsp3) is 0.167. The SMILES string of the molecule is COc1cccc(C2C(C(=O)c3sc(C)nc3C)=C(O)C(=O)N2c2nc3ccc(Cl)cc3s2)c1. The molecule has 1 atom stereocenters. The first kappa shape index (κ1) is 22.5. The number of hydrogen-bond donors (Lipinski definition) is 1. The van der Waals surface area contributed by atoms with Crippen molar-refractivity contribution >= 4 is 61.3 Å². The van der Waals surface area contributed by atoms with Crippen molar-refractivity contribution in [2.24, 2.45) is 0 Å². The lowest BCUT2D eigenvalue weighted by atomic mass is 9.95. The summed E-state index contributed by atoms with van der Waals surface area (Å²) in [5, 5.41) is 12.6. The molecular weight excluding hydrogens is 494 g/mol. The summed E-state index contributed by atoms with van der Waals surface area (Å²) in [7, 11) is 1.54. The quantitative estimate of drug-likeness (QED) is 0.340. The fourth-order valence-corrected chi connectivity index (χ4v) is 6.16. The minimum absolute atomic E-state index is 0.0118. The van der Waals surface area contributed by atoms with Crippen LogP contribution in [0.4, 0.5) is 5.13 Å². The summed E-state index contributed by atoms with van der Waals surface area (Å²) >= 11 is 8.62. The molecule has 0 aliphatic carbocycles. The van der Waals surface area contributed by atoms with Gasteiger partial charge < -0.3 is 9.84 Å². The molecule has 4 aromatic rings. The second kappa shape index (κ2) is 8.50. The lowest BCUT2D eigenvalue weighted by molar-refractivity contribution is -0.117. The lowest BCUT2D eigenvalue weighted by Gasteiger charge is -2.24. The van der Waals surface area contributed by atoms with Gasteiger partial charge in [-0.15, -0.1) is 11.3 Å². The van der Waals surface area contributed by atoms with Crippen LogP contribution in [0.25, 0.3) is 10.2 Å². The first-order valence-corrected chi connectivity index (χ1v) is 12.2. The predicted octanol–water partition coefficient (Wildman–Crippen LogP) is 5.81. The number of carbonyl (C=O) groups excluding carboxylic acids is 2. The summed E-state index contributed by atoms with van der Waals surface area (Å²) in [6, 6.07) is 11.4.